The SMILES string of the molecule is CC(C)(C)OC(=O)N1CCC(CO)CC1.CC(C)(C)OC(=O)N1CCC(CON2C(=O)c3ccccc3C2=O)CC1.NOCC1CCCCC1. The number of carbonyl (C=O) groups excluding carboxylic acids is 4. The van der Waals surface area contributed by atoms with E-state index in [1.807, 2.05) is 41.5 Å². The van der Waals surface area contributed by atoms with Crippen LogP contribution in [0.25, 0.3) is 0 Å². The van der Waals surface area contributed by atoms with Crippen molar-refractivity contribution >= 4 is 24.0 Å². The number of aliphatic hydroxyl groups is 1. The van der Waals surface area contributed by atoms with E-state index in [1.54, 1.807) is 34.1 Å². The molecule has 1 saturated carbocycles. The number of amides is 4. The summed E-state index contributed by atoms with van der Waals surface area (Å²) in [5, 5.41) is 9.82. The fraction of sp³-hybridized carbons (Fsp3) is 0.730. The molecule has 2 saturated heterocycles. The van der Waals surface area contributed by atoms with Crippen LogP contribution in [0.15, 0.2) is 24.3 Å². The predicted octanol–water partition coefficient (Wildman–Crippen LogP) is 5.94. The predicted molar refractivity (Wildman–Crippen MR) is 188 cm³/mol. The fourth-order valence-corrected chi connectivity index (χ4v) is 6.19. The van der Waals surface area contributed by atoms with Crippen molar-refractivity contribution < 1.29 is 43.4 Å². The van der Waals surface area contributed by atoms with Crippen molar-refractivity contribution in [1.29, 1.82) is 0 Å². The third-order valence-electron chi connectivity index (χ3n) is 9.04. The van der Waals surface area contributed by atoms with Crippen LogP contribution in [0.2, 0.25) is 0 Å². The Morgan fingerprint density at radius 3 is 1.52 bits per heavy atom. The number of nitrogens with zero attached hydrogens (tertiary/aromatic N) is 3. The largest absolute Gasteiger partial charge is 0.444 e. The number of aliphatic hydroxyl groups excluding tert-OH is 1. The van der Waals surface area contributed by atoms with Crippen molar-refractivity contribution in [1.82, 2.24) is 14.9 Å². The number of rotatable bonds is 6. The van der Waals surface area contributed by atoms with E-state index in [0.717, 1.165) is 43.3 Å². The van der Waals surface area contributed by atoms with E-state index in [2.05, 4.69) is 4.84 Å². The third kappa shape index (κ3) is 13.5. The van der Waals surface area contributed by atoms with E-state index in [0.29, 0.717) is 43.2 Å². The Bertz CT molecular complexity index is 1200. The van der Waals surface area contributed by atoms with Crippen molar-refractivity contribution in [2.75, 3.05) is 46.0 Å². The molecule has 13 heteroatoms. The van der Waals surface area contributed by atoms with Crippen LogP contribution in [-0.2, 0) is 19.1 Å². The molecule has 0 aromatic heterocycles. The maximum atomic E-state index is 12.3. The average molecular weight is 705 g/mol. The highest BCUT2D eigenvalue weighted by Gasteiger charge is 2.37. The van der Waals surface area contributed by atoms with E-state index < -0.39 is 23.0 Å². The Kier molecular flexibility index (Phi) is 16.0. The molecule has 3 N–H and O–H groups in total. The quantitative estimate of drug-likeness (QED) is 0.268. The fourth-order valence-electron chi connectivity index (χ4n) is 6.19. The summed E-state index contributed by atoms with van der Waals surface area (Å²) >= 11 is 0. The van der Waals surface area contributed by atoms with Crippen LogP contribution in [0, 0.1) is 17.8 Å². The second-order valence-corrected chi connectivity index (χ2v) is 15.6. The summed E-state index contributed by atoms with van der Waals surface area (Å²) in [6, 6.07) is 6.69. The van der Waals surface area contributed by atoms with E-state index >= 15 is 0 Å². The molecule has 1 aromatic carbocycles. The van der Waals surface area contributed by atoms with Crippen molar-refractivity contribution in [3.05, 3.63) is 35.4 Å². The van der Waals surface area contributed by atoms with Crippen LogP contribution in [0.3, 0.4) is 0 Å². The van der Waals surface area contributed by atoms with Crippen molar-refractivity contribution in [2.45, 2.75) is 111 Å². The molecule has 3 heterocycles. The Morgan fingerprint density at radius 2 is 1.12 bits per heavy atom. The molecule has 13 nitrogen and oxygen atoms in total. The molecule has 1 aliphatic carbocycles. The van der Waals surface area contributed by atoms with Crippen molar-refractivity contribution in [2.24, 2.45) is 23.7 Å². The number of hydrogen-bond donors (Lipinski definition) is 2. The van der Waals surface area contributed by atoms with E-state index in [1.165, 1.54) is 32.1 Å². The summed E-state index contributed by atoms with van der Waals surface area (Å²) in [6.45, 7) is 14.9. The standard InChI is InChI=1S/C19H24N2O5.C11H21NO3.C7H15NO/c1-19(2,3)26-18(24)20-10-8-13(9-11-20)12-25-21-16(22)14-6-4-5-7-15(14)17(21)23;1-11(2,3)15-10(14)12-6-4-9(8-13)5-7-12;8-9-6-7-4-2-1-3-5-7/h4-7,13H,8-12H2,1-3H3;9,13H,4-8H2,1-3H3;7H,1-6,8H2. The van der Waals surface area contributed by atoms with Crippen molar-refractivity contribution in [3.8, 4) is 0 Å². The van der Waals surface area contributed by atoms with Gasteiger partial charge in [-0.1, -0.05) is 31.4 Å². The minimum absolute atomic E-state index is 0.179. The zero-order chi connectivity index (χ0) is 36.9. The number of hydroxylamine groups is 2. The highest BCUT2D eigenvalue weighted by atomic mass is 16.7. The molecular formula is C37H60N4O9. The summed E-state index contributed by atoms with van der Waals surface area (Å²) in [5.41, 5.74) is -0.192. The van der Waals surface area contributed by atoms with Gasteiger partial charge < -0.3 is 29.2 Å². The first-order valence-corrected chi connectivity index (χ1v) is 18.1. The molecule has 50 heavy (non-hydrogen) atoms. The van der Waals surface area contributed by atoms with Gasteiger partial charge in [0.1, 0.15) is 11.2 Å². The molecule has 0 spiro atoms. The van der Waals surface area contributed by atoms with Gasteiger partial charge in [-0.3, -0.25) is 14.4 Å². The highest BCUT2D eigenvalue weighted by molar-refractivity contribution is 6.20. The zero-order valence-corrected chi connectivity index (χ0v) is 31.0. The lowest BCUT2D eigenvalue weighted by Gasteiger charge is -2.33. The molecule has 0 atom stereocenters. The molecule has 1 aromatic rings. The van der Waals surface area contributed by atoms with Gasteiger partial charge in [-0.05, 0) is 110 Å². The molecule has 0 unspecified atom stereocenters. The van der Waals surface area contributed by atoms with Crippen LogP contribution in [0.4, 0.5) is 9.59 Å². The Morgan fingerprint density at radius 1 is 0.700 bits per heavy atom. The van der Waals surface area contributed by atoms with E-state index in [4.69, 9.17) is 25.3 Å². The summed E-state index contributed by atoms with van der Waals surface area (Å²) in [5.74, 6) is 5.40. The van der Waals surface area contributed by atoms with Crippen LogP contribution in [-0.4, -0.2) is 101 Å². The van der Waals surface area contributed by atoms with Crippen LogP contribution < -0.4 is 5.90 Å². The summed E-state index contributed by atoms with van der Waals surface area (Å²) in [6.07, 6.45) is 9.45. The van der Waals surface area contributed by atoms with E-state index in [9.17, 15) is 19.2 Å². The molecule has 4 amide bonds. The normalized spacial score (nSPS) is 19.2. The number of hydrogen-bond acceptors (Lipinski definition) is 10. The number of benzene rings is 1. The molecule has 3 fully saturated rings. The first-order valence-electron chi connectivity index (χ1n) is 18.1. The molecule has 4 aliphatic rings. The maximum Gasteiger partial charge on any atom is 0.410 e. The Balaban J connectivity index is 0.000000236. The minimum atomic E-state index is -0.511. The first kappa shape index (κ1) is 41.2. The number of nitrogens with two attached hydrogens (primary N) is 1. The van der Waals surface area contributed by atoms with Crippen LogP contribution in [0.5, 0.6) is 0 Å². The molecule has 5 rings (SSSR count). The lowest BCUT2D eigenvalue weighted by Crippen LogP contribution is -2.43. The highest BCUT2D eigenvalue weighted by Crippen LogP contribution is 2.26. The monoisotopic (exact) mass is 704 g/mol. The molecular weight excluding hydrogens is 644 g/mol. The van der Waals surface area contributed by atoms with Gasteiger partial charge in [-0.2, -0.15) is 0 Å². The number of likely N-dealkylation sites (tertiary alicyclic amines) is 2. The first-order chi connectivity index (χ1) is 23.6. The second kappa shape index (κ2) is 19.4. The van der Waals surface area contributed by atoms with Gasteiger partial charge in [0.05, 0.1) is 24.3 Å². The number of carbonyl (C=O) groups is 4. The van der Waals surface area contributed by atoms with Gasteiger partial charge in [0.15, 0.2) is 0 Å². The smallest absolute Gasteiger partial charge is 0.410 e. The molecule has 282 valence electrons. The lowest BCUT2D eigenvalue weighted by atomic mass is 9.90. The van der Waals surface area contributed by atoms with Gasteiger partial charge >= 0.3 is 12.2 Å². The van der Waals surface area contributed by atoms with Crippen LogP contribution in [0.1, 0.15) is 120 Å². The van der Waals surface area contributed by atoms with Gasteiger partial charge in [0, 0.05) is 32.8 Å². The third-order valence-corrected chi connectivity index (χ3v) is 9.04. The van der Waals surface area contributed by atoms with Crippen molar-refractivity contribution in [3.63, 3.8) is 0 Å². The molecule has 0 radical (unpaired) electrons. The number of imide groups is 1. The van der Waals surface area contributed by atoms with Gasteiger partial charge in [0.25, 0.3) is 11.8 Å². The van der Waals surface area contributed by atoms with Crippen LogP contribution >= 0.6 is 0 Å². The summed E-state index contributed by atoms with van der Waals surface area (Å²) in [4.78, 5) is 61.8. The van der Waals surface area contributed by atoms with E-state index in [-0.39, 0.29) is 31.3 Å². The topological polar surface area (TPSA) is 161 Å². The Labute approximate surface area is 297 Å². The van der Waals surface area contributed by atoms with Gasteiger partial charge in [-0.25, -0.2) is 15.5 Å². The maximum absolute atomic E-state index is 12.3. The minimum Gasteiger partial charge on any atom is -0.444 e. The Hall–Kier alpha value is -3.26. The second-order valence-electron chi connectivity index (χ2n) is 15.6. The van der Waals surface area contributed by atoms with Gasteiger partial charge in [0.2, 0.25) is 0 Å². The summed E-state index contributed by atoms with van der Waals surface area (Å²) < 4.78 is 10.6. The number of ether oxygens (including phenoxy) is 2. The molecule has 3 aliphatic heterocycles. The van der Waals surface area contributed by atoms with Gasteiger partial charge in [-0.15, -0.1) is 5.06 Å². The number of fused-ring (bicyclic) bond motifs is 1. The lowest BCUT2D eigenvalue weighted by molar-refractivity contribution is -0.107. The zero-order valence-electron chi connectivity index (χ0n) is 31.0. The molecule has 0 bridgehead atoms. The number of piperidine rings is 2. The average Bonchev–Trinajstić information content (AvgIpc) is 3.32. The summed E-state index contributed by atoms with van der Waals surface area (Å²) in [7, 11) is 0.